The van der Waals surface area contributed by atoms with Crippen LogP contribution in [0.25, 0.3) is 0 Å². The van der Waals surface area contributed by atoms with Crippen LogP contribution in [0, 0.1) is 12.7 Å². The van der Waals surface area contributed by atoms with Gasteiger partial charge in [-0.2, -0.15) is 10.1 Å². The molecule has 2 N–H and O–H groups in total. The van der Waals surface area contributed by atoms with E-state index in [0.29, 0.717) is 31.4 Å². The Labute approximate surface area is 138 Å². The van der Waals surface area contributed by atoms with Crippen LogP contribution in [0.5, 0.6) is 0 Å². The van der Waals surface area contributed by atoms with Crippen molar-refractivity contribution in [3.05, 3.63) is 64.9 Å². The van der Waals surface area contributed by atoms with E-state index >= 15 is 0 Å². The van der Waals surface area contributed by atoms with E-state index in [9.17, 15) is 4.39 Å². The van der Waals surface area contributed by atoms with Crippen molar-refractivity contribution in [2.75, 3.05) is 10.6 Å². The van der Waals surface area contributed by atoms with Gasteiger partial charge in [0.15, 0.2) is 0 Å². The lowest BCUT2D eigenvalue weighted by Crippen LogP contribution is -2.20. The Balaban J connectivity index is 1.56. The van der Waals surface area contributed by atoms with Gasteiger partial charge in [-0.05, 0) is 24.6 Å². The number of anilines is 2. The first-order valence-corrected chi connectivity index (χ1v) is 7.72. The van der Waals surface area contributed by atoms with Crippen molar-refractivity contribution < 1.29 is 4.39 Å². The SMILES string of the molecule is Cc1cnc(N2Cc3cnn(Cc4ccc(F)cc4)c3C2)nc1N. The second kappa shape index (κ2) is 5.59. The molecule has 0 aliphatic carbocycles. The van der Waals surface area contributed by atoms with Gasteiger partial charge < -0.3 is 10.6 Å². The fourth-order valence-electron chi connectivity index (χ4n) is 2.85. The molecule has 3 aromatic rings. The second-order valence-corrected chi connectivity index (χ2v) is 5.99. The molecule has 0 saturated carbocycles. The highest BCUT2D eigenvalue weighted by Crippen LogP contribution is 2.27. The maximum atomic E-state index is 13.0. The molecule has 2 aromatic heterocycles. The number of hydrogen-bond acceptors (Lipinski definition) is 5. The fraction of sp³-hybridized carbons (Fsp3) is 0.235. The number of aryl methyl sites for hydroxylation is 1. The van der Waals surface area contributed by atoms with Crippen molar-refractivity contribution in [2.45, 2.75) is 26.6 Å². The van der Waals surface area contributed by atoms with Gasteiger partial charge in [-0.15, -0.1) is 0 Å². The zero-order chi connectivity index (χ0) is 16.7. The number of halogens is 1. The lowest BCUT2D eigenvalue weighted by atomic mass is 10.2. The summed E-state index contributed by atoms with van der Waals surface area (Å²) in [6.45, 7) is 3.89. The summed E-state index contributed by atoms with van der Waals surface area (Å²) in [6.07, 6.45) is 3.61. The molecule has 0 spiro atoms. The molecule has 122 valence electrons. The molecule has 0 radical (unpaired) electrons. The average molecular weight is 324 g/mol. The van der Waals surface area contributed by atoms with Crippen molar-refractivity contribution in [3.63, 3.8) is 0 Å². The van der Waals surface area contributed by atoms with Gasteiger partial charge >= 0.3 is 0 Å². The predicted octanol–water partition coefficient (Wildman–Crippen LogP) is 2.27. The van der Waals surface area contributed by atoms with Crippen molar-refractivity contribution >= 4 is 11.8 Å². The number of hydrogen-bond donors (Lipinski definition) is 1. The Bertz CT molecular complexity index is 887. The number of nitrogens with zero attached hydrogens (tertiary/aromatic N) is 5. The van der Waals surface area contributed by atoms with Crippen molar-refractivity contribution in [1.29, 1.82) is 0 Å². The molecular weight excluding hydrogens is 307 g/mol. The molecule has 3 heterocycles. The molecule has 24 heavy (non-hydrogen) atoms. The lowest BCUT2D eigenvalue weighted by Gasteiger charge is -2.16. The van der Waals surface area contributed by atoms with Gasteiger partial charge in [-0.3, -0.25) is 4.68 Å². The first-order chi connectivity index (χ1) is 11.6. The van der Waals surface area contributed by atoms with Crippen LogP contribution in [0.4, 0.5) is 16.2 Å². The van der Waals surface area contributed by atoms with Crippen LogP contribution in [-0.2, 0) is 19.6 Å². The Morgan fingerprint density at radius 2 is 1.96 bits per heavy atom. The summed E-state index contributed by atoms with van der Waals surface area (Å²) in [5.41, 5.74) is 10.1. The van der Waals surface area contributed by atoms with Gasteiger partial charge in [0.1, 0.15) is 11.6 Å². The molecular formula is C17H17FN6. The standard InChI is InChI=1S/C17H17FN6/c1-11-6-20-17(22-16(11)19)23-9-13-7-21-24(15(13)10-23)8-12-2-4-14(18)5-3-12/h2-7H,8-10H2,1H3,(H2,19,20,22). The Morgan fingerprint density at radius 1 is 1.17 bits per heavy atom. The van der Waals surface area contributed by atoms with Crippen LogP contribution in [0.2, 0.25) is 0 Å². The van der Waals surface area contributed by atoms with Gasteiger partial charge in [0, 0.05) is 23.9 Å². The highest BCUT2D eigenvalue weighted by molar-refractivity contribution is 5.46. The van der Waals surface area contributed by atoms with Crippen LogP contribution in [0.3, 0.4) is 0 Å². The largest absolute Gasteiger partial charge is 0.383 e. The zero-order valence-corrected chi connectivity index (χ0v) is 13.3. The van der Waals surface area contributed by atoms with Crippen molar-refractivity contribution in [1.82, 2.24) is 19.7 Å². The van der Waals surface area contributed by atoms with Crippen LogP contribution >= 0.6 is 0 Å². The molecule has 1 aliphatic heterocycles. The van der Waals surface area contributed by atoms with Gasteiger partial charge in [0.05, 0.1) is 25.0 Å². The van der Waals surface area contributed by atoms with E-state index < -0.39 is 0 Å². The predicted molar refractivity (Wildman–Crippen MR) is 88.8 cm³/mol. The number of fused-ring (bicyclic) bond motifs is 1. The summed E-state index contributed by atoms with van der Waals surface area (Å²) >= 11 is 0. The molecule has 0 bridgehead atoms. The molecule has 1 aliphatic rings. The summed E-state index contributed by atoms with van der Waals surface area (Å²) in [7, 11) is 0. The first kappa shape index (κ1) is 14.6. The quantitative estimate of drug-likeness (QED) is 0.800. The van der Waals surface area contributed by atoms with E-state index in [-0.39, 0.29) is 5.82 Å². The minimum Gasteiger partial charge on any atom is -0.383 e. The molecule has 4 rings (SSSR count). The minimum absolute atomic E-state index is 0.232. The summed E-state index contributed by atoms with van der Waals surface area (Å²) in [6, 6.07) is 6.49. The molecule has 0 amide bonds. The van der Waals surface area contributed by atoms with Crippen LogP contribution in [0.15, 0.2) is 36.7 Å². The van der Waals surface area contributed by atoms with E-state index in [1.807, 2.05) is 17.8 Å². The number of nitrogens with two attached hydrogens (primary N) is 1. The highest BCUT2D eigenvalue weighted by atomic mass is 19.1. The topological polar surface area (TPSA) is 72.9 Å². The normalized spacial score (nSPS) is 13.3. The first-order valence-electron chi connectivity index (χ1n) is 7.72. The van der Waals surface area contributed by atoms with E-state index in [0.717, 1.165) is 22.4 Å². The molecule has 0 fully saturated rings. The lowest BCUT2D eigenvalue weighted by molar-refractivity contribution is 0.620. The monoisotopic (exact) mass is 324 g/mol. The third-order valence-corrected chi connectivity index (χ3v) is 4.26. The van der Waals surface area contributed by atoms with E-state index in [4.69, 9.17) is 5.73 Å². The molecule has 0 unspecified atom stereocenters. The van der Waals surface area contributed by atoms with Crippen molar-refractivity contribution in [3.8, 4) is 0 Å². The molecule has 7 heteroatoms. The number of nitrogen functional groups attached to an aromatic ring is 1. The number of rotatable bonds is 3. The van der Waals surface area contributed by atoms with Crippen molar-refractivity contribution in [2.24, 2.45) is 0 Å². The number of aromatic nitrogens is 4. The Hall–Kier alpha value is -2.96. The molecule has 6 nitrogen and oxygen atoms in total. The number of benzene rings is 1. The molecule has 0 saturated heterocycles. The summed E-state index contributed by atoms with van der Waals surface area (Å²) < 4.78 is 15.0. The van der Waals surface area contributed by atoms with Crippen LogP contribution in [-0.4, -0.2) is 19.7 Å². The maximum Gasteiger partial charge on any atom is 0.227 e. The maximum absolute atomic E-state index is 13.0. The Morgan fingerprint density at radius 3 is 2.71 bits per heavy atom. The zero-order valence-electron chi connectivity index (χ0n) is 13.3. The Kier molecular flexibility index (Phi) is 3.41. The van der Waals surface area contributed by atoms with Crippen LogP contribution < -0.4 is 10.6 Å². The van der Waals surface area contributed by atoms with E-state index in [1.165, 1.54) is 12.1 Å². The van der Waals surface area contributed by atoms with Gasteiger partial charge in [0.25, 0.3) is 0 Å². The van der Waals surface area contributed by atoms with Gasteiger partial charge in [0.2, 0.25) is 5.95 Å². The smallest absolute Gasteiger partial charge is 0.227 e. The summed E-state index contributed by atoms with van der Waals surface area (Å²) in [4.78, 5) is 10.8. The third kappa shape index (κ3) is 2.58. The highest BCUT2D eigenvalue weighted by Gasteiger charge is 2.25. The second-order valence-electron chi connectivity index (χ2n) is 5.99. The molecule has 0 atom stereocenters. The minimum atomic E-state index is -0.232. The summed E-state index contributed by atoms with van der Waals surface area (Å²) in [5, 5.41) is 4.45. The van der Waals surface area contributed by atoms with Gasteiger partial charge in [-0.25, -0.2) is 9.37 Å². The van der Waals surface area contributed by atoms with E-state index in [1.54, 1.807) is 18.3 Å². The molecule has 1 aromatic carbocycles. The van der Waals surface area contributed by atoms with Crippen LogP contribution in [0.1, 0.15) is 22.4 Å². The van der Waals surface area contributed by atoms with E-state index in [2.05, 4.69) is 20.0 Å². The fourth-order valence-corrected chi connectivity index (χ4v) is 2.85. The van der Waals surface area contributed by atoms with Gasteiger partial charge in [-0.1, -0.05) is 12.1 Å². The average Bonchev–Trinajstić information content (AvgIpc) is 3.14. The summed E-state index contributed by atoms with van der Waals surface area (Å²) in [5.74, 6) is 0.899. The third-order valence-electron chi connectivity index (χ3n) is 4.26.